The van der Waals surface area contributed by atoms with Crippen molar-refractivity contribution in [1.29, 1.82) is 0 Å². The van der Waals surface area contributed by atoms with Gasteiger partial charge in [0.05, 0.1) is 6.33 Å². The van der Waals surface area contributed by atoms with Crippen molar-refractivity contribution in [3.05, 3.63) is 36.2 Å². The number of benzene rings is 1. The van der Waals surface area contributed by atoms with Gasteiger partial charge in [0.25, 0.3) is 0 Å². The second kappa shape index (κ2) is 3.91. The van der Waals surface area contributed by atoms with E-state index in [-0.39, 0.29) is 5.41 Å². The van der Waals surface area contributed by atoms with Crippen LogP contribution in [0.5, 0.6) is 0 Å². The molecule has 0 radical (unpaired) electrons. The van der Waals surface area contributed by atoms with Crippen LogP contribution in [-0.4, -0.2) is 9.55 Å². The Kier molecular flexibility index (Phi) is 2.69. The average Bonchev–Trinajstić information content (AvgIpc) is 2.59. The molecule has 0 aliphatic rings. The van der Waals surface area contributed by atoms with Gasteiger partial charge in [0.2, 0.25) is 0 Å². The Morgan fingerprint density at radius 2 is 1.71 bits per heavy atom. The molecule has 0 bridgehead atoms. The fourth-order valence-electron chi connectivity index (χ4n) is 1.79. The topological polar surface area (TPSA) is 43.8 Å². The van der Waals surface area contributed by atoms with Gasteiger partial charge < -0.3 is 10.3 Å². The molecule has 0 spiro atoms. The van der Waals surface area contributed by atoms with E-state index < -0.39 is 0 Å². The number of rotatable bonds is 1. The normalized spacial score (nSPS) is 11.8. The maximum Gasteiger partial charge on any atom is 0.131 e. The molecule has 0 atom stereocenters. The molecule has 0 saturated carbocycles. The Labute approximate surface area is 102 Å². The standard InChI is InChI=1S/C14H19N3/c1-14(2,3)11-7-5-10(6-8-11)12-13(15)17(4)9-16-12/h5-9H,15H2,1-4H3. The lowest BCUT2D eigenvalue weighted by molar-refractivity contribution is 0.590. The summed E-state index contributed by atoms with van der Waals surface area (Å²) >= 11 is 0. The molecule has 1 aromatic heterocycles. The number of hydrogen-bond donors (Lipinski definition) is 1. The number of aromatic nitrogens is 2. The Morgan fingerprint density at radius 3 is 2.12 bits per heavy atom. The molecule has 0 saturated heterocycles. The van der Waals surface area contributed by atoms with Gasteiger partial charge >= 0.3 is 0 Å². The summed E-state index contributed by atoms with van der Waals surface area (Å²) in [6.07, 6.45) is 1.74. The number of imidazole rings is 1. The largest absolute Gasteiger partial charge is 0.383 e. The molecule has 17 heavy (non-hydrogen) atoms. The van der Waals surface area contributed by atoms with E-state index in [0.717, 1.165) is 11.3 Å². The Hall–Kier alpha value is -1.77. The highest BCUT2D eigenvalue weighted by atomic mass is 15.1. The molecule has 0 amide bonds. The predicted molar refractivity (Wildman–Crippen MR) is 71.8 cm³/mol. The Bertz CT molecular complexity index is 515. The number of hydrogen-bond acceptors (Lipinski definition) is 2. The number of anilines is 1. The van der Waals surface area contributed by atoms with Gasteiger partial charge in [0.1, 0.15) is 11.5 Å². The molecule has 1 heterocycles. The van der Waals surface area contributed by atoms with E-state index in [4.69, 9.17) is 5.73 Å². The van der Waals surface area contributed by atoms with Crippen LogP contribution in [0.15, 0.2) is 30.6 Å². The highest BCUT2D eigenvalue weighted by molar-refractivity contribution is 5.70. The van der Waals surface area contributed by atoms with Crippen molar-refractivity contribution in [1.82, 2.24) is 9.55 Å². The minimum atomic E-state index is 0.175. The quantitative estimate of drug-likeness (QED) is 0.817. The molecule has 90 valence electrons. The third-order valence-corrected chi connectivity index (χ3v) is 3.01. The maximum absolute atomic E-state index is 5.96. The number of aryl methyl sites for hydroxylation is 1. The van der Waals surface area contributed by atoms with Gasteiger partial charge in [-0.1, -0.05) is 45.0 Å². The molecule has 0 aliphatic heterocycles. The number of nitrogen functional groups attached to an aromatic ring is 1. The zero-order valence-electron chi connectivity index (χ0n) is 10.9. The second-order valence-electron chi connectivity index (χ2n) is 5.42. The van der Waals surface area contributed by atoms with Crippen molar-refractivity contribution in [2.45, 2.75) is 26.2 Å². The van der Waals surface area contributed by atoms with E-state index >= 15 is 0 Å². The summed E-state index contributed by atoms with van der Waals surface area (Å²) in [4.78, 5) is 4.32. The molecule has 2 N–H and O–H groups in total. The minimum Gasteiger partial charge on any atom is -0.383 e. The van der Waals surface area contributed by atoms with Gasteiger partial charge in [-0.3, -0.25) is 0 Å². The lowest BCUT2D eigenvalue weighted by Crippen LogP contribution is -2.10. The molecule has 2 rings (SSSR count). The van der Waals surface area contributed by atoms with Crippen molar-refractivity contribution in [3.8, 4) is 11.3 Å². The van der Waals surface area contributed by atoms with Crippen LogP contribution in [0.25, 0.3) is 11.3 Å². The van der Waals surface area contributed by atoms with Crippen LogP contribution in [0, 0.1) is 0 Å². The van der Waals surface area contributed by atoms with Crippen molar-refractivity contribution in [2.24, 2.45) is 7.05 Å². The SMILES string of the molecule is Cn1cnc(-c2ccc(C(C)(C)C)cc2)c1N. The van der Waals surface area contributed by atoms with E-state index in [2.05, 4.69) is 50.0 Å². The van der Waals surface area contributed by atoms with Crippen LogP contribution >= 0.6 is 0 Å². The Balaban J connectivity index is 2.40. The third kappa shape index (κ3) is 2.18. The maximum atomic E-state index is 5.96. The summed E-state index contributed by atoms with van der Waals surface area (Å²) < 4.78 is 1.83. The lowest BCUT2D eigenvalue weighted by atomic mass is 9.86. The van der Waals surface area contributed by atoms with Crippen LogP contribution in [0.4, 0.5) is 5.82 Å². The van der Waals surface area contributed by atoms with Crippen LogP contribution in [0.3, 0.4) is 0 Å². The average molecular weight is 229 g/mol. The second-order valence-corrected chi connectivity index (χ2v) is 5.42. The van der Waals surface area contributed by atoms with Crippen molar-refractivity contribution in [2.75, 3.05) is 5.73 Å². The smallest absolute Gasteiger partial charge is 0.131 e. The van der Waals surface area contributed by atoms with Gasteiger partial charge in [-0.15, -0.1) is 0 Å². The first-order valence-corrected chi connectivity index (χ1v) is 5.77. The van der Waals surface area contributed by atoms with Crippen molar-refractivity contribution in [3.63, 3.8) is 0 Å². The van der Waals surface area contributed by atoms with E-state index in [1.54, 1.807) is 6.33 Å². The van der Waals surface area contributed by atoms with E-state index in [0.29, 0.717) is 5.82 Å². The molecule has 2 aromatic rings. The van der Waals surface area contributed by atoms with Crippen LogP contribution in [0.1, 0.15) is 26.3 Å². The van der Waals surface area contributed by atoms with Gasteiger partial charge in [0.15, 0.2) is 0 Å². The van der Waals surface area contributed by atoms with E-state index in [1.807, 2.05) is 11.6 Å². The first kappa shape index (κ1) is 11.7. The molecule has 0 unspecified atom stereocenters. The zero-order chi connectivity index (χ0) is 12.6. The molecular formula is C14H19N3. The summed E-state index contributed by atoms with van der Waals surface area (Å²) in [7, 11) is 1.90. The number of nitrogens with zero attached hydrogens (tertiary/aromatic N) is 2. The molecule has 0 fully saturated rings. The summed E-state index contributed by atoms with van der Waals surface area (Å²) in [5.41, 5.74) is 9.37. The summed E-state index contributed by atoms with van der Waals surface area (Å²) in [5.74, 6) is 0.702. The van der Waals surface area contributed by atoms with Crippen molar-refractivity contribution < 1.29 is 0 Å². The summed E-state index contributed by atoms with van der Waals surface area (Å²) in [6, 6.07) is 8.45. The minimum absolute atomic E-state index is 0.175. The van der Waals surface area contributed by atoms with E-state index in [9.17, 15) is 0 Å². The van der Waals surface area contributed by atoms with Crippen LogP contribution in [-0.2, 0) is 12.5 Å². The van der Waals surface area contributed by atoms with Gasteiger partial charge in [-0.25, -0.2) is 4.98 Å². The number of nitrogens with two attached hydrogens (primary N) is 1. The van der Waals surface area contributed by atoms with Crippen LogP contribution < -0.4 is 5.73 Å². The first-order chi connectivity index (χ1) is 7.89. The zero-order valence-corrected chi connectivity index (χ0v) is 10.9. The fourth-order valence-corrected chi connectivity index (χ4v) is 1.79. The first-order valence-electron chi connectivity index (χ1n) is 5.77. The van der Waals surface area contributed by atoms with Gasteiger partial charge in [-0.05, 0) is 11.0 Å². The molecule has 3 heteroatoms. The Morgan fingerprint density at radius 1 is 1.12 bits per heavy atom. The highest BCUT2D eigenvalue weighted by Crippen LogP contribution is 2.27. The predicted octanol–water partition coefficient (Wildman–Crippen LogP) is 2.97. The van der Waals surface area contributed by atoms with Gasteiger partial charge in [-0.2, -0.15) is 0 Å². The lowest BCUT2D eigenvalue weighted by Gasteiger charge is -2.19. The monoisotopic (exact) mass is 229 g/mol. The summed E-state index contributed by atoms with van der Waals surface area (Å²) in [6.45, 7) is 6.62. The summed E-state index contributed by atoms with van der Waals surface area (Å²) in [5, 5.41) is 0. The third-order valence-electron chi connectivity index (χ3n) is 3.01. The van der Waals surface area contributed by atoms with Gasteiger partial charge in [0, 0.05) is 12.6 Å². The van der Waals surface area contributed by atoms with E-state index in [1.165, 1.54) is 5.56 Å². The molecule has 3 nitrogen and oxygen atoms in total. The molecule has 1 aromatic carbocycles. The van der Waals surface area contributed by atoms with Crippen molar-refractivity contribution >= 4 is 5.82 Å². The highest BCUT2D eigenvalue weighted by Gasteiger charge is 2.14. The molecule has 0 aliphatic carbocycles. The molecular weight excluding hydrogens is 210 g/mol. The van der Waals surface area contributed by atoms with Crippen LogP contribution in [0.2, 0.25) is 0 Å². The fraction of sp³-hybridized carbons (Fsp3) is 0.357.